The van der Waals surface area contributed by atoms with Gasteiger partial charge in [-0.05, 0) is 19.1 Å². The van der Waals surface area contributed by atoms with Crippen LogP contribution in [-0.4, -0.2) is 28.5 Å². The Morgan fingerprint density at radius 1 is 1.08 bits per heavy atom. The van der Waals surface area contributed by atoms with Crippen molar-refractivity contribution in [3.8, 4) is 0 Å². The number of nitrogens with one attached hydrogen (secondary N) is 1. The number of halogens is 2. The van der Waals surface area contributed by atoms with Gasteiger partial charge in [0.25, 0.3) is 5.91 Å². The molecule has 0 aliphatic carbocycles. The molecule has 1 aliphatic heterocycles. The normalized spacial score (nSPS) is 21.4. The number of aliphatic hydroxyl groups is 1. The van der Waals surface area contributed by atoms with E-state index >= 15 is 0 Å². The van der Waals surface area contributed by atoms with Crippen LogP contribution in [0.3, 0.4) is 0 Å². The molecule has 7 heteroatoms. The van der Waals surface area contributed by atoms with Gasteiger partial charge >= 0.3 is 6.03 Å². The third kappa shape index (κ3) is 2.87. The summed E-state index contributed by atoms with van der Waals surface area (Å²) in [5, 5.41) is 12.7. The Labute approximate surface area is 142 Å². The predicted octanol–water partition coefficient (Wildman–Crippen LogP) is 2.47. The zero-order valence-electron chi connectivity index (χ0n) is 13.4. The summed E-state index contributed by atoms with van der Waals surface area (Å²) >= 11 is 0. The first-order valence-electron chi connectivity index (χ1n) is 7.66. The molecule has 2 unspecified atom stereocenters. The van der Waals surface area contributed by atoms with Gasteiger partial charge in [-0.25, -0.2) is 13.6 Å². The van der Waals surface area contributed by atoms with E-state index in [9.17, 15) is 23.5 Å². The highest BCUT2D eigenvalue weighted by atomic mass is 19.1. The van der Waals surface area contributed by atoms with Crippen molar-refractivity contribution >= 4 is 11.9 Å². The van der Waals surface area contributed by atoms with E-state index in [4.69, 9.17) is 0 Å². The van der Waals surface area contributed by atoms with Crippen LogP contribution in [0.15, 0.2) is 48.5 Å². The molecule has 1 heterocycles. The van der Waals surface area contributed by atoms with E-state index in [1.165, 1.54) is 49.4 Å². The van der Waals surface area contributed by atoms with Crippen LogP contribution in [0.2, 0.25) is 0 Å². The second-order valence-electron chi connectivity index (χ2n) is 5.99. The van der Waals surface area contributed by atoms with Gasteiger partial charge in [-0.1, -0.05) is 36.4 Å². The fourth-order valence-electron chi connectivity index (χ4n) is 2.93. The van der Waals surface area contributed by atoms with Gasteiger partial charge in [-0.3, -0.25) is 9.69 Å². The summed E-state index contributed by atoms with van der Waals surface area (Å²) in [6.45, 7) is 0.955. The van der Waals surface area contributed by atoms with Gasteiger partial charge in [0.2, 0.25) is 0 Å². The van der Waals surface area contributed by atoms with Gasteiger partial charge in [0.05, 0.1) is 12.6 Å². The lowest BCUT2D eigenvalue weighted by atomic mass is 9.91. The van der Waals surface area contributed by atoms with Crippen LogP contribution in [0.25, 0.3) is 0 Å². The first kappa shape index (κ1) is 17.0. The van der Waals surface area contributed by atoms with E-state index in [0.717, 1.165) is 4.90 Å². The molecular formula is C18H16F2N2O3. The maximum atomic E-state index is 14.1. The van der Waals surface area contributed by atoms with Crippen molar-refractivity contribution in [3.63, 3.8) is 0 Å². The number of amides is 3. The fourth-order valence-corrected chi connectivity index (χ4v) is 2.93. The maximum absolute atomic E-state index is 14.1. The number of carbonyl (C=O) groups is 2. The number of hydrogen-bond acceptors (Lipinski definition) is 3. The average Bonchev–Trinajstić information content (AvgIpc) is 2.79. The van der Waals surface area contributed by atoms with Crippen molar-refractivity contribution in [1.82, 2.24) is 10.2 Å². The number of β-amino-alcohol motifs (C(OH)–C–C–N with tert-alkyl or cyclic N) is 1. The summed E-state index contributed by atoms with van der Waals surface area (Å²) in [6, 6.07) is 10.4. The monoisotopic (exact) mass is 346 g/mol. The van der Waals surface area contributed by atoms with Gasteiger partial charge in [-0.2, -0.15) is 0 Å². The van der Waals surface area contributed by atoms with Gasteiger partial charge < -0.3 is 10.4 Å². The van der Waals surface area contributed by atoms with Crippen molar-refractivity contribution in [1.29, 1.82) is 0 Å². The molecule has 130 valence electrons. The van der Waals surface area contributed by atoms with Gasteiger partial charge in [0.1, 0.15) is 17.2 Å². The molecule has 5 nitrogen and oxygen atoms in total. The van der Waals surface area contributed by atoms with Crippen LogP contribution in [0.5, 0.6) is 0 Å². The molecule has 0 bridgehead atoms. The van der Waals surface area contributed by atoms with Crippen molar-refractivity contribution in [2.24, 2.45) is 0 Å². The number of hydrogen-bond donors (Lipinski definition) is 2. The van der Waals surface area contributed by atoms with Gasteiger partial charge in [-0.15, -0.1) is 0 Å². The second-order valence-corrected chi connectivity index (χ2v) is 5.99. The molecule has 1 aliphatic rings. The van der Waals surface area contributed by atoms with E-state index < -0.39 is 41.8 Å². The Morgan fingerprint density at radius 3 is 2.32 bits per heavy atom. The van der Waals surface area contributed by atoms with Crippen LogP contribution in [0.4, 0.5) is 13.6 Å². The number of benzene rings is 2. The van der Waals surface area contributed by atoms with E-state index in [2.05, 4.69) is 5.32 Å². The molecule has 2 atom stereocenters. The summed E-state index contributed by atoms with van der Waals surface area (Å²) in [5.41, 5.74) is -1.59. The predicted molar refractivity (Wildman–Crippen MR) is 85.4 cm³/mol. The molecule has 2 N–H and O–H groups in total. The first-order valence-corrected chi connectivity index (χ1v) is 7.66. The lowest BCUT2D eigenvalue weighted by Gasteiger charge is -2.23. The Balaban J connectivity index is 1.87. The third-order valence-corrected chi connectivity index (χ3v) is 4.31. The zero-order chi connectivity index (χ0) is 18.2. The van der Waals surface area contributed by atoms with Crippen molar-refractivity contribution in [2.45, 2.75) is 18.6 Å². The second kappa shape index (κ2) is 6.25. The number of imide groups is 1. The van der Waals surface area contributed by atoms with E-state index in [1.807, 2.05) is 0 Å². The SMILES string of the molecule is CC1(c2ccccc2F)NC(=O)N(CC(O)c2ccccc2F)C1=O. The number of nitrogens with zero attached hydrogens (tertiary/aromatic N) is 1. The number of aliphatic hydroxyl groups excluding tert-OH is 1. The summed E-state index contributed by atoms with van der Waals surface area (Å²) < 4.78 is 27.8. The molecule has 3 rings (SSSR count). The Kier molecular flexibility index (Phi) is 4.26. The Morgan fingerprint density at radius 2 is 1.68 bits per heavy atom. The summed E-state index contributed by atoms with van der Waals surface area (Å²) in [4.78, 5) is 25.7. The van der Waals surface area contributed by atoms with Crippen molar-refractivity contribution in [2.75, 3.05) is 6.54 Å². The molecule has 1 saturated heterocycles. The van der Waals surface area contributed by atoms with Crippen LogP contribution in [0, 0.1) is 11.6 Å². The highest BCUT2D eigenvalue weighted by Gasteiger charge is 2.50. The molecule has 3 amide bonds. The summed E-state index contributed by atoms with van der Waals surface area (Å²) in [6.07, 6.45) is -1.39. The maximum Gasteiger partial charge on any atom is 0.325 e. The summed E-state index contributed by atoms with van der Waals surface area (Å²) in [7, 11) is 0. The molecule has 2 aromatic carbocycles. The quantitative estimate of drug-likeness (QED) is 0.836. The smallest absolute Gasteiger partial charge is 0.325 e. The lowest BCUT2D eigenvalue weighted by Crippen LogP contribution is -2.42. The lowest BCUT2D eigenvalue weighted by molar-refractivity contribution is -0.132. The average molecular weight is 346 g/mol. The summed E-state index contributed by atoms with van der Waals surface area (Å²) in [5.74, 6) is -1.98. The minimum absolute atomic E-state index is 0.0243. The van der Waals surface area contributed by atoms with Gasteiger partial charge in [0.15, 0.2) is 0 Å². The third-order valence-electron chi connectivity index (χ3n) is 4.31. The Hall–Kier alpha value is -2.80. The first-order chi connectivity index (χ1) is 11.8. The van der Waals surface area contributed by atoms with Crippen molar-refractivity contribution < 1.29 is 23.5 Å². The van der Waals surface area contributed by atoms with Crippen LogP contribution < -0.4 is 5.32 Å². The van der Waals surface area contributed by atoms with Gasteiger partial charge in [0, 0.05) is 11.1 Å². The standard InChI is InChI=1S/C18H16F2N2O3/c1-18(12-7-3-5-9-14(12)20)16(24)22(17(25)21-18)10-15(23)11-6-2-4-8-13(11)19/h2-9,15,23H,10H2,1H3,(H,21,25). The fraction of sp³-hybridized carbons (Fsp3) is 0.222. The molecule has 25 heavy (non-hydrogen) atoms. The zero-order valence-corrected chi connectivity index (χ0v) is 13.4. The molecule has 0 aromatic heterocycles. The number of urea groups is 1. The molecule has 0 saturated carbocycles. The largest absolute Gasteiger partial charge is 0.386 e. The number of rotatable bonds is 4. The molecule has 0 radical (unpaired) electrons. The van der Waals surface area contributed by atoms with E-state index in [1.54, 1.807) is 6.07 Å². The highest BCUT2D eigenvalue weighted by Crippen LogP contribution is 2.31. The highest BCUT2D eigenvalue weighted by molar-refractivity contribution is 6.07. The minimum Gasteiger partial charge on any atom is -0.386 e. The van der Waals surface area contributed by atoms with Crippen LogP contribution in [0.1, 0.15) is 24.2 Å². The molecule has 0 spiro atoms. The van der Waals surface area contributed by atoms with E-state index in [0.29, 0.717) is 0 Å². The minimum atomic E-state index is -1.59. The number of carbonyl (C=O) groups excluding carboxylic acids is 2. The topological polar surface area (TPSA) is 69.6 Å². The van der Waals surface area contributed by atoms with E-state index in [-0.39, 0.29) is 11.1 Å². The molecule has 2 aromatic rings. The van der Waals surface area contributed by atoms with Crippen LogP contribution >= 0.6 is 0 Å². The van der Waals surface area contributed by atoms with Crippen LogP contribution in [-0.2, 0) is 10.3 Å². The van der Waals surface area contributed by atoms with Crippen molar-refractivity contribution in [3.05, 3.63) is 71.3 Å². The Bertz CT molecular complexity index is 843. The molecule has 1 fully saturated rings. The molecular weight excluding hydrogens is 330 g/mol.